The van der Waals surface area contributed by atoms with Crippen molar-refractivity contribution in [2.45, 2.75) is 6.61 Å². The number of pyridine rings is 1. The van der Waals surface area contributed by atoms with Gasteiger partial charge in [0, 0.05) is 40.7 Å². The van der Waals surface area contributed by atoms with Gasteiger partial charge in [0.1, 0.15) is 29.3 Å². The smallest absolute Gasteiger partial charge is 0.143 e. The standard InChI is InChI=1S/C26H22ClN5O2S/c27-21-13-17(4-7-22(21)34-15-18-3-1-2-8-28-18)31-25-24-20-6-5-19(32-9-11-33-12-10-32)14-23(20)35-26(24)30-16-29-25/h1-8,13-14,16H,9-12,15H2,(H,29,30,31). The largest absolute Gasteiger partial charge is 0.486 e. The summed E-state index contributed by atoms with van der Waals surface area (Å²) in [7, 11) is 0. The average molecular weight is 504 g/mol. The van der Waals surface area contributed by atoms with E-state index >= 15 is 0 Å². The highest BCUT2D eigenvalue weighted by Gasteiger charge is 2.16. The highest BCUT2D eigenvalue weighted by atomic mass is 35.5. The number of rotatable bonds is 6. The molecule has 2 aromatic carbocycles. The minimum atomic E-state index is 0.354. The van der Waals surface area contributed by atoms with E-state index < -0.39 is 0 Å². The van der Waals surface area contributed by atoms with Crippen molar-refractivity contribution >= 4 is 60.4 Å². The van der Waals surface area contributed by atoms with Crippen LogP contribution in [0.5, 0.6) is 5.75 Å². The fourth-order valence-corrected chi connectivity index (χ4v) is 5.49. The van der Waals surface area contributed by atoms with E-state index in [9.17, 15) is 0 Å². The molecule has 0 bridgehead atoms. The van der Waals surface area contributed by atoms with Gasteiger partial charge in [-0.2, -0.15) is 0 Å². The van der Waals surface area contributed by atoms with E-state index in [0.717, 1.165) is 59.1 Å². The Hall–Kier alpha value is -3.46. The second-order valence-electron chi connectivity index (χ2n) is 8.16. The first kappa shape index (κ1) is 22.0. The van der Waals surface area contributed by atoms with Gasteiger partial charge >= 0.3 is 0 Å². The first-order valence-corrected chi connectivity index (χ1v) is 12.5. The summed E-state index contributed by atoms with van der Waals surface area (Å²) in [5.74, 6) is 1.35. The number of hydrogen-bond acceptors (Lipinski definition) is 8. The van der Waals surface area contributed by atoms with Gasteiger partial charge in [0.15, 0.2) is 0 Å². The first-order chi connectivity index (χ1) is 17.2. The molecule has 176 valence electrons. The van der Waals surface area contributed by atoms with Crippen molar-refractivity contribution in [1.29, 1.82) is 0 Å². The van der Waals surface area contributed by atoms with E-state index in [0.29, 0.717) is 17.4 Å². The quantitative estimate of drug-likeness (QED) is 0.302. The lowest BCUT2D eigenvalue weighted by Crippen LogP contribution is -2.36. The molecule has 1 aliphatic heterocycles. The first-order valence-electron chi connectivity index (χ1n) is 11.3. The van der Waals surface area contributed by atoms with Gasteiger partial charge in [-0.15, -0.1) is 11.3 Å². The summed E-state index contributed by atoms with van der Waals surface area (Å²) in [4.78, 5) is 16.6. The van der Waals surface area contributed by atoms with Gasteiger partial charge in [-0.25, -0.2) is 9.97 Å². The predicted molar refractivity (Wildman–Crippen MR) is 141 cm³/mol. The SMILES string of the molecule is Clc1cc(Nc2ncnc3sc4cc(N5CCOCC5)ccc4c23)ccc1OCc1ccccn1. The molecule has 0 aliphatic carbocycles. The average Bonchev–Trinajstić information content (AvgIpc) is 3.28. The minimum Gasteiger partial charge on any atom is -0.486 e. The maximum Gasteiger partial charge on any atom is 0.143 e. The van der Waals surface area contributed by atoms with Crippen molar-refractivity contribution in [3.05, 3.63) is 77.8 Å². The van der Waals surface area contributed by atoms with E-state index in [4.69, 9.17) is 21.1 Å². The number of nitrogens with zero attached hydrogens (tertiary/aromatic N) is 4. The molecule has 1 aliphatic rings. The molecule has 4 heterocycles. The van der Waals surface area contributed by atoms with Crippen LogP contribution in [0.3, 0.4) is 0 Å². The highest BCUT2D eigenvalue weighted by molar-refractivity contribution is 7.25. The Labute approximate surface area is 211 Å². The Bertz CT molecular complexity index is 1490. The van der Waals surface area contributed by atoms with Crippen molar-refractivity contribution in [2.24, 2.45) is 0 Å². The number of nitrogens with one attached hydrogen (secondary N) is 1. The van der Waals surface area contributed by atoms with Crippen LogP contribution in [-0.2, 0) is 11.3 Å². The Kier molecular flexibility index (Phi) is 6.08. The molecule has 9 heteroatoms. The maximum atomic E-state index is 6.52. The number of fused-ring (bicyclic) bond motifs is 3. The predicted octanol–water partition coefficient (Wildman–Crippen LogP) is 6.05. The summed E-state index contributed by atoms with van der Waals surface area (Å²) < 4.78 is 12.5. The monoisotopic (exact) mass is 503 g/mol. The molecule has 0 atom stereocenters. The fraction of sp³-hybridized carbons (Fsp3) is 0.192. The zero-order valence-electron chi connectivity index (χ0n) is 18.8. The lowest BCUT2D eigenvalue weighted by atomic mass is 10.1. The Balaban J connectivity index is 1.26. The van der Waals surface area contributed by atoms with Crippen molar-refractivity contribution in [3.63, 3.8) is 0 Å². The van der Waals surface area contributed by atoms with Crippen LogP contribution in [0.4, 0.5) is 17.2 Å². The third-order valence-corrected chi connectivity index (χ3v) is 7.28. The van der Waals surface area contributed by atoms with Crippen LogP contribution < -0.4 is 15.0 Å². The van der Waals surface area contributed by atoms with Gasteiger partial charge in [-0.3, -0.25) is 4.98 Å². The summed E-state index contributed by atoms with van der Waals surface area (Å²) in [6.45, 7) is 3.70. The third kappa shape index (κ3) is 4.60. The second kappa shape index (κ2) is 9.65. The molecule has 6 rings (SSSR count). The van der Waals surface area contributed by atoms with Gasteiger partial charge in [0.05, 0.1) is 29.3 Å². The van der Waals surface area contributed by atoms with Gasteiger partial charge in [-0.05, 0) is 42.5 Å². The summed E-state index contributed by atoms with van der Waals surface area (Å²) in [6, 6.07) is 17.9. The topological polar surface area (TPSA) is 72.4 Å². The van der Waals surface area contributed by atoms with E-state index in [1.165, 1.54) is 10.4 Å². The zero-order chi connectivity index (χ0) is 23.6. The molecule has 5 aromatic rings. The molecular weight excluding hydrogens is 482 g/mol. The second-order valence-corrected chi connectivity index (χ2v) is 9.60. The van der Waals surface area contributed by atoms with Crippen LogP contribution in [0.15, 0.2) is 67.1 Å². The molecule has 0 radical (unpaired) electrons. The number of aromatic nitrogens is 3. The number of ether oxygens (including phenoxy) is 2. The molecule has 0 amide bonds. The maximum absolute atomic E-state index is 6.52. The molecule has 35 heavy (non-hydrogen) atoms. The molecule has 0 spiro atoms. The summed E-state index contributed by atoms with van der Waals surface area (Å²) >= 11 is 8.19. The van der Waals surface area contributed by atoms with Gasteiger partial charge in [0.2, 0.25) is 0 Å². The summed E-state index contributed by atoms with van der Waals surface area (Å²) in [6.07, 6.45) is 3.34. The molecule has 0 unspecified atom stereocenters. The molecule has 1 saturated heterocycles. The Morgan fingerprint density at radius 2 is 1.94 bits per heavy atom. The van der Waals surface area contributed by atoms with Crippen LogP contribution in [0, 0.1) is 0 Å². The third-order valence-electron chi connectivity index (χ3n) is 5.93. The van der Waals surface area contributed by atoms with E-state index in [1.807, 2.05) is 36.4 Å². The minimum absolute atomic E-state index is 0.354. The van der Waals surface area contributed by atoms with Gasteiger partial charge < -0.3 is 19.7 Å². The summed E-state index contributed by atoms with van der Waals surface area (Å²) in [5.41, 5.74) is 2.88. The Morgan fingerprint density at radius 3 is 2.77 bits per heavy atom. The van der Waals surface area contributed by atoms with Gasteiger partial charge in [0.25, 0.3) is 0 Å². The number of halogens is 1. The van der Waals surface area contributed by atoms with Crippen LogP contribution in [0.25, 0.3) is 20.3 Å². The zero-order valence-corrected chi connectivity index (χ0v) is 20.4. The fourth-order valence-electron chi connectivity index (χ4n) is 4.18. The van der Waals surface area contributed by atoms with E-state index in [1.54, 1.807) is 23.9 Å². The molecular formula is C26H22ClN5O2S. The van der Waals surface area contributed by atoms with E-state index in [-0.39, 0.29) is 0 Å². The van der Waals surface area contributed by atoms with Crippen LogP contribution in [-0.4, -0.2) is 41.3 Å². The lowest BCUT2D eigenvalue weighted by molar-refractivity contribution is 0.122. The van der Waals surface area contributed by atoms with Crippen molar-refractivity contribution in [3.8, 4) is 5.75 Å². The number of morpholine rings is 1. The number of benzene rings is 2. The molecule has 7 nitrogen and oxygen atoms in total. The van der Waals surface area contributed by atoms with Crippen molar-refractivity contribution in [2.75, 3.05) is 36.5 Å². The number of anilines is 3. The molecule has 1 N–H and O–H groups in total. The molecule has 3 aromatic heterocycles. The van der Waals surface area contributed by atoms with Crippen LogP contribution in [0.1, 0.15) is 5.69 Å². The van der Waals surface area contributed by atoms with Crippen molar-refractivity contribution < 1.29 is 9.47 Å². The van der Waals surface area contributed by atoms with Crippen LogP contribution in [0.2, 0.25) is 5.02 Å². The summed E-state index contributed by atoms with van der Waals surface area (Å²) in [5, 5.41) is 6.07. The molecule has 0 saturated carbocycles. The van der Waals surface area contributed by atoms with E-state index in [2.05, 4.69) is 43.4 Å². The van der Waals surface area contributed by atoms with Gasteiger partial charge in [-0.1, -0.05) is 23.7 Å². The number of thiophene rings is 1. The normalized spacial score (nSPS) is 13.9. The molecule has 1 fully saturated rings. The Morgan fingerprint density at radius 1 is 1.03 bits per heavy atom. The lowest BCUT2D eigenvalue weighted by Gasteiger charge is -2.28. The number of hydrogen-bond donors (Lipinski definition) is 1. The van der Waals surface area contributed by atoms with Crippen molar-refractivity contribution in [1.82, 2.24) is 15.0 Å². The van der Waals surface area contributed by atoms with Crippen LogP contribution >= 0.6 is 22.9 Å². The highest BCUT2D eigenvalue weighted by Crippen LogP contribution is 2.39.